The fourth-order valence-corrected chi connectivity index (χ4v) is 4.99. The summed E-state index contributed by atoms with van der Waals surface area (Å²) in [6.45, 7) is 2.27. The van der Waals surface area contributed by atoms with Crippen LogP contribution in [-0.4, -0.2) is 42.8 Å². The number of halogens is 3. The van der Waals surface area contributed by atoms with Crippen LogP contribution in [0.4, 0.5) is 19.0 Å². The number of nitrogens with zero attached hydrogens (tertiary/aromatic N) is 5. The number of pyridine rings is 1. The lowest BCUT2D eigenvalue weighted by molar-refractivity contribution is -0.137. The minimum absolute atomic E-state index is 0.172. The van der Waals surface area contributed by atoms with Crippen LogP contribution in [0.1, 0.15) is 46.2 Å². The number of fused-ring (bicyclic) bond motifs is 6. The van der Waals surface area contributed by atoms with E-state index in [1.165, 1.54) is 12.3 Å². The van der Waals surface area contributed by atoms with E-state index in [1.807, 2.05) is 6.92 Å². The van der Waals surface area contributed by atoms with Gasteiger partial charge in [0.05, 0.1) is 29.0 Å². The highest BCUT2D eigenvalue weighted by atomic mass is 19.4. The number of hydrogen-bond acceptors (Lipinski definition) is 6. The normalized spacial score (nSPS) is 19.8. The standard InChI is InChI=1S/C23H19F3N6O2/c1-11-19-21(27)30-15-9-28-14(8-16(15)32(19)10-29-11)22(33)31-6-2-3-17-20(31)13-5-4-12(23(24,25)26)7-18(13)34-17/h4-5,7-10,17,20H,2-3,6H2,1H3,(H2,27,30)/t17-,20-/m0/s1. The van der Waals surface area contributed by atoms with Crippen molar-refractivity contribution in [1.82, 2.24) is 24.3 Å². The van der Waals surface area contributed by atoms with Crippen LogP contribution in [0.25, 0.3) is 16.6 Å². The number of carbonyl (C=O) groups is 1. The fourth-order valence-electron chi connectivity index (χ4n) is 4.99. The molecule has 2 N–H and O–H groups in total. The van der Waals surface area contributed by atoms with Crippen molar-refractivity contribution in [1.29, 1.82) is 0 Å². The largest absolute Gasteiger partial charge is 0.488 e. The Bertz CT molecular complexity index is 1480. The van der Waals surface area contributed by atoms with Gasteiger partial charge in [-0.1, -0.05) is 6.07 Å². The summed E-state index contributed by atoms with van der Waals surface area (Å²) < 4.78 is 47.1. The summed E-state index contributed by atoms with van der Waals surface area (Å²) in [6.07, 6.45) is -0.442. The van der Waals surface area contributed by atoms with Gasteiger partial charge in [-0.05, 0) is 38.0 Å². The number of nitrogens with two attached hydrogens (primary N) is 1. The lowest BCUT2D eigenvalue weighted by atomic mass is 9.93. The SMILES string of the molecule is Cc1ncn2c1c(N)nc1cnc(C(=O)N3CCC[C@@H]4Oc5cc(C(F)(F)F)ccc5[C@@H]43)cc12. The second-order valence-corrected chi connectivity index (χ2v) is 8.60. The number of aryl methyl sites for hydroxylation is 1. The zero-order valence-corrected chi connectivity index (χ0v) is 18.0. The van der Waals surface area contributed by atoms with Gasteiger partial charge in [0.1, 0.15) is 34.9 Å². The number of nitrogen functional groups attached to an aromatic ring is 1. The number of aromatic nitrogens is 4. The summed E-state index contributed by atoms with van der Waals surface area (Å²) in [6, 6.07) is 4.62. The van der Waals surface area contributed by atoms with Crippen molar-refractivity contribution in [2.75, 3.05) is 12.3 Å². The Hall–Kier alpha value is -3.89. The van der Waals surface area contributed by atoms with Crippen molar-refractivity contribution in [2.24, 2.45) is 0 Å². The molecule has 1 amide bonds. The summed E-state index contributed by atoms with van der Waals surface area (Å²) in [5.41, 5.74) is 8.60. The molecule has 2 aliphatic heterocycles. The lowest BCUT2D eigenvalue weighted by Gasteiger charge is -2.36. The number of likely N-dealkylation sites (tertiary alicyclic amines) is 1. The number of piperidine rings is 1. The summed E-state index contributed by atoms with van der Waals surface area (Å²) in [4.78, 5) is 28.2. The first kappa shape index (κ1) is 20.7. The smallest absolute Gasteiger partial charge is 0.416 e. The fraction of sp³-hybridized carbons (Fsp3) is 0.304. The number of benzene rings is 1. The van der Waals surface area contributed by atoms with E-state index < -0.39 is 23.9 Å². The highest BCUT2D eigenvalue weighted by Gasteiger charge is 2.44. The molecule has 0 unspecified atom stereocenters. The van der Waals surface area contributed by atoms with Crippen LogP contribution in [0.5, 0.6) is 5.75 Å². The molecule has 174 valence electrons. The third-order valence-electron chi connectivity index (χ3n) is 6.55. The van der Waals surface area contributed by atoms with E-state index in [4.69, 9.17) is 10.5 Å². The van der Waals surface area contributed by atoms with Crippen molar-refractivity contribution in [3.8, 4) is 5.75 Å². The molecule has 1 aromatic carbocycles. The second-order valence-electron chi connectivity index (χ2n) is 8.60. The quantitative estimate of drug-likeness (QED) is 0.455. The molecule has 11 heteroatoms. The zero-order valence-electron chi connectivity index (χ0n) is 18.0. The Morgan fingerprint density at radius 1 is 1.24 bits per heavy atom. The van der Waals surface area contributed by atoms with E-state index in [1.54, 1.807) is 21.7 Å². The number of imidazole rings is 1. The number of rotatable bonds is 1. The van der Waals surface area contributed by atoms with Crippen molar-refractivity contribution < 1.29 is 22.7 Å². The van der Waals surface area contributed by atoms with Crippen molar-refractivity contribution in [2.45, 2.75) is 38.1 Å². The average molecular weight is 468 g/mol. The van der Waals surface area contributed by atoms with E-state index in [9.17, 15) is 18.0 Å². The number of alkyl halides is 3. The van der Waals surface area contributed by atoms with Crippen molar-refractivity contribution in [3.05, 3.63) is 59.3 Å². The molecule has 2 atom stereocenters. The van der Waals surface area contributed by atoms with Crippen molar-refractivity contribution >= 4 is 28.3 Å². The third kappa shape index (κ3) is 2.99. The molecule has 2 aliphatic rings. The van der Waals surface area contributed by atoms with Gasteiger partial charge in [-0.3, -0.25) is 9.20 Å². The van der Waals surface area contributed by atoms with Crippen LogP contribution in [0.3, 0.4) is 0 Å². The molecule has 6 rings (SSSR count). The molecular formula is C23H19F3N6O2. The Morgan fingerprint density at radius 2 is 2.06 bits per heavy atom. The number of carbonyl (C=O) groups excluding carboxylic acids is 1. The van der Waals surface area contributed by atoms with Crippen LogP contribution in [0, 0.1) is 6.92 Å². The predicted octanol–water partition coefficient (Wildman–Crippen LogP) is 3.93. The molecule has 4 aromatic rings. The summed E-state index contributed by atoms with van der Waals surface area (Å²) in [7, 11) is 0. The number of ether oxygens (including phenoxy) is 1. The molecule has 5 heterocycles. The molecule has 0 radical (unpaired) electrons. The van der Waals surface area contributed by atoms with Gasteiger partial charge in [-0.15, -0.1) is 0 Å². The Morgan fingerprint density at radius 3 is 2.85 bits per heavy atom. The first-order valence-electron chi connectivity index (χ1n) is 10.8. The van der Waals surface area contributed by atoms with Gasteiger partial charge in [0, 0.05) is 12.1 Å². The maximum Gasteiger partial charge on any atom is 0.416 e. The molecule has 8 nitrogen and oxygen atoms in total. The molecule has 0 bridgehead atoms. The molecular weight excluding hydrogens is 449 g/mol. The zero-order chi connectivity index (χ0) is 23.8. The molecule has 0 spiro atoms. The van der Waals surface area contributed by atoms with Gasteiger partial charge in [-0.25, -0.2) is 15.0 Å². The summed E-state index contributed by atoms with van der Waals surface area (Å²) >= 11 is 0. The maximum absolute atomic E-state index is 13.6. The maximum atomic E-state index is 13.6. The predicted molar refractivity (Wildman–Crippen MR) is 116 cm³/mol. The van der Waals surface area contributed by atoms with Crippen LogP contribution < -0.4 is 10.5 Å². The highest BCUT2D eigenvalue weighted by Crippen LogP contribution is 2.46. The average Bonchev–Trinajstić information content (AvgIpc) is 3.38. The molecule has 34 heavy (non-hydrogen) atoms. The van der Waals surface area contributed by atoms with Gasteiger partial charge in [-0.2, -0.15) is 13.2 Å². The number of hydrogen-bond donors (Lipinski definition) is 1. The van der Waals surface area contributed by atoms with Crippen LogP contribution in [0.2, 0.25) is 0 Å². The van der Waals surface area contributed by atoms with Gasteiger partial charge < -0.3 is 15.4 Å². The van der Waals surface area contributed by atoms with Gasteiger partial charge >= 0.3 is 6.18 Å². The Kier molecular flexibility index (Phi) is 4.29. The Labute approximate surface area is 191 Å². The number of amides is 1. The number of anilines is 1. The minimum Gasteiger partial charge on any atom is -0.488 e. The van der Waals surface area contributed by atoms with E-state index in [0.29, 0.717) is 53.0 Å². The van der Waals surface area contributed by atoms with E-state index in [0.717, 1.165) is 12.1 Å². The van der Waals surface area contributed by atoms with E-state index in [-0.39, 0.29) is 17.4 Å². The van der Waals surface area contributed by atoms with Gasteiger partial charge in [0.15, 0.2) is 5.82 Å². The van der Waals surface area contributed by atoms with Crippen LogP contribution in [0.15, 0.2) is 36.8 Å². The van der Waals surface area contributed by atoms with E-state index in [2.05, 4.69) is 15.0 Å². The third-order valence-corrected chi connectivity index (χ3v) is 6.55. The topological polar surface area (TPSA) is 98.6 Å². The highest BCUT2D eigenvalue weighted by molar-refractivity contribution is 5.96. The van der Waals surface area contributed by atoms with Crippen LogP contribution >= 0.6 is 0 Å². The van der Waals surface area contributed by atoms with Gasteiger partial charge in [0.2, 0.25) is 0 Å². The lowest BCUT2D eigenvalue weighted by Crippen LogP contribution is -2.44. The van der Waals surface area contributed by atoms with E-state index >= 15 is 0 Å². The second kappa shape index (κ2) is 7.05. The molecule has 3 aromatic heterocycles. The first-order chi connectivity index (χ1) is 16.2. The monoisotopic (exact) mass is 468 g/mol. The molecule has 1 fully saturated rings. The van der Waals surface area contributed by atoms with Crippen LogP contribution in [-0.2, 0) is 6.18 Å². The van der Waals surface area contributed by atoms with Gasteiger partial charge in [0.25, 0.3) is 5.91 Å². The Balaban J connectivity index is 1.40. The molecule has 1 saturated heterocycles. The summed E-state index contributed by atoms with van der Waals surface area (Å²) in [5, 5.41) is 0. The first-order valence-corrected chi connectivity index (χ1v) is 10.8. The summed E-state index contributed by atoms with van der Waals surface area (Å²) in [5.74, 6) is 0.168. The molecule has 0 saturated carbocycles. The van der Waals surface area contributed by atoms with Crippen molar-refractivity contribution in [3.63, 3.8) is 0 Å². The minimum atomic E-state index is -4.47. The molecule has 0 aliphatic carbocycles.